The van der Waals surface area contributed by atoms with Crippen LogP contribution in [0.3, 0.4) is 0 Å². The van der Waals surface area contributed by atoms with Crippen LogP contribution in [0.1, 0.15) is 18.9 Å². The molecule has 2 N–H and O–H groups in total. The molecule has 0 spiro atoms. The van der Waals surface area contributed by atoms with Gasteiger partial charge in [0.2, 0.25) is 0 Å². The van der Waals surface area contributed by atoms with Crippen molar-refractivity contribution in [3.63, 3.8) is 0 Å². The minimum Gasteiger partial charge on any atom is -0.491 e. The van der Waals surface area contributed by atoms with Crippen molar-refractivity contribution < 1.29 is 18.9 Å². The van der Waals surface area contributed by atoms with Crippen molar-refractivity contribution in [1.82, 2.24) is 5.32 Å². The summed E-state index contributed by atoms with van der Waals surface area (Å²) in [5, 5.41) is 6.60. The van der Waals surface area contributed by atoms with Crippen LogP contribution >= 0.6 is 0 Å². The number of guanidine groups is 1. The molecule has 7 nitrogen and oxygen atoms in total. The van der Waals surface area contributed by atoms with E-state index in [2.05, 4.69) is 15.6 Å². The number of nitrogens with one attached hydrogen (secondary N) is 2. The molecule has 0 bridgehead atoms. The molecule has 0 fully saturated rings. The Kier molecular flexibility index (Phi) is 8.01. The predicted molar refractivity (Wildman–Crippen MR) is 114 cm³/mol. The summed E-state index contributed by atoms with van der Waals surface area (Å²) in [5.74, 6) is 3.07. The average Bonchev–Trinajstić information content (AvgIpc) is 2.98. The van der Waals surface area contributed by atoms with Crippen LogP contribution in [-0.4, -0.2) is 46.0 Å². The number of methoxy groups -OCH3 is 1. The maximum Gasteiger partial charge on any atom is 0.196 e. The third kappa shape index (κ3) is 6.57. The summed E-state index contributed by atoms with van der Waals surface area (Å²) < 4.78 is 22.0. The molecule has 1 heterocycles. The van der Waals surface area contributed by atoms with Gasteiger partial charge in [0.15, 0.2) is 17.5 Å². The van der Waals surface area contributed by atoms with Gasteiger partial charge in [-0.1, -0.05) is 12.1 Å². The van der Waals surface area contributed by atoms with Gasteiger partial charge < -0.3 is 29.6 Å². The van der Waals surface area contributed by atoms with Crippen LogP contribution in [0.5, 0.6) is 17.2 Å². The molecular weight excluding hydrogens is 370 g/mol. The molecule has 0 saturated heterocycles. The van der Waals surface area contributed by atoms with Crippen molar-refractivity contribution in [3.05, 3.63) is 48.0 Å². The molecule has 0 unspecified atom stereocenters. The molecule has 2 aromatic rings. The van der Waals surface area contributed by atoms with Crippen molar-refractivity contribution in [2.75, 3.05) is 45.4 Å². The fourth-order valence-electron chi connectivity index (χ4n) is 2.79. The van der Waals surface area contributed by atoms with E-state index in [1.54, 1.807) is 7.11 Å². The van der Waals surface area contributed by atoms with Crippen molar-refractivity contribution in [2.45, 2.75) is 19.9 Å². The van der Waals surface area contributed by atoms with Gasteiger partial charge in [-0.3, -0.25) is 0 Å². The second-order valence-electron chi connectivity index (χ2n) is 6.52. The first-order valence-electron chi connectivity index (χ1n) is 9.94. The number of hydrogen-bond acceptors (Lipinski definition) is 5. The fourth-order valence-corrected chi connectivity index (χ4v) is 2.79. The van der Waals surface area contributed by atoms with E-state index in [9.17, 15) is 0 Å². The van der Waals surface area contributed by atoms with Gasteiger partial charge >= 0.3 is 0 Å². The van der Waals surface area contributed by atoms with Gasteiger partial charge in [-0.2, -0.15) is 0 Å². The summed E-state index contributed by atoms with van der Waals surface area (Å²) in [6.07, 6.45) is 0.887. The van der Waals surface area contributed by atoms with E-state index in [1.165, 1.54) is 0 Å². The monoisotopic (exact) mass is 399 g/mol. The van der Waals surface area contributed by atoms with Crippen LogP contribution in [0, 0.1) is 0 Å². The Hall–Kier alpha value is -2.93. The highest BCUT2D eigenvalue weighted by Gasteiger charge is 2.11. The zero-order chi connectivity index (χ0) is 20.3. The highest BCUT2D eigenvalue weighted by atomic mass is 16.5. The van der Waals surface area contributed by atoms with Crippen LogP contribution in [0.25, 0.3) is 0 Å². The molecule has 0 radical (unpaired) electrons. The molecule has 7 heteroatoms. The largest absolute Gasteiger partial charge is 0.491 e. The lowest BCUT2D eigenvalue weighted by atomic mass is 10.2. The minimum atomic E-state index is 0.540. The SMILES string of the molecule is CCNC(=NCc1ccc(OCCOC)cc1)Nc1ccc2c(c1)OCCCO2. The zero-order valence-corrected chi connectivity index (χ0v) is 17.1. The number of rotatable bonds is 8. The molecule has 156 valence electrons. The third-order valence-corrected chi connectivity index (χ3v) is 4.25. The maximum absolute atomic E-state index is 5.76. The third-order valence-electron chi connectivity index (χ3n) is 4.25. The van der Waals surface area contributed by atoms with E-state index in [1.807, 2.05) is 49.4 Å². The number of benzene rings is 2. The molecule has 29 heavy (non-hydrogen) atoms. The lowest BCUT2D eigenvalue weighted by Gasteiger charge is -2.14. The Morgan fingerprint density at radius 1 is 1.03 bits per heavy atom. The maximum atomic E-state index is 5.76. The van der Waals surface area contributed by atoms with Gasteiger partial charge in [0, 0.05) is 31.8 Å². The summed E-state index contributed by atoms with van der Waals surface area (Å²) >= 11 is 0. The van der Waals surface area contributed by atoms with Crippen molar-refractivity contribution >= 4 is 11.6 Å². The normalized spacial score (nSPS) is 13.5. The number of aliphatic imine (C=N–C) groups is 1. The number of ether oxygens (including phenoxy) is 4. The highest BCUT2D eigenvalue weighted by molar-refractivity contribution is 5.93. The van der Waals surface area contributed by atoms with E-state index in [0.717, 1.165) is 41.5 Å². The van der Waals surface area contributed by atoms with Crippen LogP contribution in [0.15, 0.2) is 47.5 Å². The van der Waals surface area contributed by atoms with Gasteiger partial charge in [-0.15, -0.1) is 0 Å². The van der Waals surface area contributed by atoms with Crippen molar-refractivity contribution in [2.24, 2.45) is 4.99 Å². The van der Waals surface area contributed by atoms with E-state index >= 15 is 0 Å². The quantitative estimate of drug-likeness (QED) is 0.402. The van der Waals surface area contributed by atoms with E-state index < -0.39 is 0 Å². The fraction of sp³-hybridized carbons (Fsp3) is 0.409. The molecule has 0 amide bonds. The smallest absolute Gasteiger partial charge is 0.196 e. The molecule has 1 aliphatic heterocycles. The molecule has 0 saturated carbocycles. The van der Waals surface area contributed by atoms with E-state index in [-0.39, 0.29) is 0 Å². The summed E-state index contributed by atoms with van der Waals surface area (Å²) in [7, 11) is 1.66. The van der Waals surface area contributed by atoms with Crippen LogP contribution in [0.4, 0.5) is 5.69 Å². The first kappa shape index (κ1) is 20.8. The van der Waals surface area contributed by atoms with E-state index in [4.69, 9.17) is 18.9 Å². The van der Waals surface area contributed by atoms with Gasteiger partial charge in [0.1, 0.15) is 12.4 Å². The van der Waals surface area contributed by atoms with Crippen LogP contribution in [-0.2, 0) is 11.3 Å². The van der Waals surface area contributed by atoms with Gasteiger partial charge in [-0.05, 0) is 36.8 Å². The molecule has 0 atom stereocenters. The van der Waals surface area contributed by atoms with Crippen molar-refractivity contribution in [1.29, 1.82) is 0 Å². The lowest BCUT2D eigenvalue weighted by Crippen LogP contribution is -2.30. The Bertz CT molecular complexity index is 793. The first-order valence-corrected chi connectivity index (χ1v) is 9.94. The lowest BCUT2D eigenvalue weighted by molar-refractivity contribution is 0.146. The topological polar surface area (TPSA) is 73.3 Å². The van der Waals surface area contributed by atoms with Gasteiger partial charge in [0.05, 0.1) is 26.4 Å². The highest BCUT2D eigenvalue weighted by Crippen LogP contribution is 2.32. The summed E-state index contributed by atoms with van der Waals surface area (Å²) in [6.45, 7) is 5.82. The second-order valence-corrected chi connectivity index (χ2v) is 6.52. The molecular formula is C22H29N3O4. The second kappa shape index (κ2) is 11.2. The summed E-state index contributed by atoms with van der Waals surface area (Å²) in [5.41, 5.74) is 2.00. The summed E-state index contributed by atoms with van der Waals surface area (Å²) in [4.78, 5) is 4.68. The van der Waals surface area contributed by atoms with Crippen molar-refractivity contribution in [3.8, 4) is 17.2 Å². The molecule has 0 aliphatic carbocycles. The van der Waals surface area contributed by atoms with E-state index in [0.29, 0.717) is 38.9 Å². The molecule has 3 rings (SSSR count). The Morgan fingerprint density at radius 3 is 2.59 bits per heavy atom. The Morgan fingerprint density at radius 2 is 1.83 bits per heavy atom. The molecule has 2 aromatic carbocycles. The van der Waals surface area contributed by atoms with Crippen LogP contribution in [0.2, 0.25) is 0 Å². The van der Waals surface area contributed by atoms with Crippen LogP contribution < -0.4 is 24.8 Å². The zero-order valence-electron chi connectivity index (χ0n) is 17.1. The number of anilines is 1. The predicted octanol–water partition coefficient (Wildman–Crippen LogP) is 3.45. The number of hydrogen-bond donors (Lipinski definition) is 2. The Balaban J connectivity index is 1.62. The minimum absolute atomic E-state index is 0.540. The average molecular weight is 399 g/mol. The standard InChI is InChI=1S/C22H29N3O4/c1-3-23-22(24-16-17-5-8-19(9-6-17)27-14-13-26-2)25-18-7-10-20-21(15-18)29-12-4-11-28-20/h5-10,15H,3-4,11-14,16H2,1-2H3,(H2,23,24,25). The number of nitrogens with zero attached hydrogens (tertiary/aromatic N) is 1. The number of fused-ring (bicyclic) bond motifs is 1. The summed E-state index contributed by atoms with van der Waals surface area (Å²) in [6, 6.07) is 13.8. The van der Waals surface area contributed by atoms with Gasteiger partial charge in [-0.25, -0.2) is 4.99 Å². The molecule has 1 aliphatic rings. The van der Waals surface area contributed by atoms with Gasteiger partial charge in [0.25, 0.3) is 0 Å². The first-order chi connectivity index (χ1) is 14.3. The molecule has 0 aromatic heterocycles. The Labute approximate surface area is 172 Å².